The summed E-state index contributed by atoms with van der Waals surface area (Å²) in [7, 11) is 0. The molecule has 0 bridgehead atoms. The Kier molecular flexibility index (Phi) is 5.43. The molecule has 2 fully saturated rings. The maximum absolute atomic E-state index is 12.1. The molecular formula is C17H25N3O2. The van der Waals surface area contributed by atoms with Gasteiger partial charge in [0.1, 0.15) is 0 Å². The zero-order valence-electron chi connectivity index (χ0n) is 13.0. The van der Waals surface area contributed by atoms with Crippen molar-refractivity contribution in [2.45, 2.75) is 25.5 Å². The van der Waals surface area contributed by atoms with Gasteiger partial charge in [-0.05, 0) is 30.5 Å². The molecule has 22 heavy (non-hydrogen) atoms. The lowest BCUT2D eigenvalue weighted by atomic mass is 10.1. The van der Waals surface area contributed by atoms with E-state index >= 15 is 0 Å². The van der Waals surface area contributed by atoms with Crippen molar-refractivity contribution in [3.63, 3.8) is 0 Å². The molecule has 0 spiro atoms. The molecule has 5 nitrogen and oxygen atoms in total. The van der Waals surface area contributed by atoms with Crippen LogP contribution >= 0.6 is 0 Å². The van der Waals surface area contributed by atoms with Crippen molar-refractivity contribution in [3.8, 4) is 0 Å². The largest absolute Gasteiger partial charge is 0.376 e. The van der Waals surface area contributed by atoms with Gasteiger partial charge in [-0.25, -0.2) is 0 Å². The van der Waals surface area contributed by atoms with E-state index in [9.17, 15) is 4.79 Å². The van der Waals surface area contributed by atoms with Gasteiger partial charge in [0, 0.05) is 51.4 Å². The number of ether oxygens (including phenoxy) is 1. The molecule has 0 radical (unpaired) electrons. The van der Waals surface area contributed by atoms with Gasteiger partial charge >= 0.3 is 0 Å². The number of nitrogens with one attached hydrogen (secondary N) is 2. The molecule has 120 valence electrons. The van der Waals surface area contributed by atoms with E-state index in [-0.39, 0.29) is 12.0 Å². The van der Waals surface area contributed by atoms with Gasteiger partial charge in [-0.1, -0.05) is 12.1 Å². The Labute approximate surface area is 132 Å². The first-order valence-corrected chi connectivity index (χ1v) is 8.23. The van der Waals surface area contributed by atoms with Crippen LogP contribution in [0.3, 0.4) is 0 Å². The van der Waals surface area contributed by atoms with Gasteiger partial charge in [-0.15, -0.1) is 0 Å². The fourth-order valence-corrected chi connectivity index (χ4v) is 3.00. The van der Waals surface area contributed by atoms with Gasteiger partial charge in [0.15, 0.2) is 0 Å². The number of hydrogen-bond acceptors (Lipinski definition) is 4. The average Bonchev–Trinajstić information content (AvgIpc) is 3.08. The lowest BCUT2D eigenvalue weighted by Gasteiger charge is -2.27. The van der Waals surface area contributed by atoms with Crippen LogP contribution in [0.5, 0.6) is 0 Å². The number of amides is 1. The second-order valence-corrected chi connectivity index (χ2v) is 6.07. The highest BCUT2D eigenvalue weighted by Crippen LogP contribution is 2.12. The van der Waals surface area contributed by atoms with Crippen molar-refractivity contribution < 1.29 is 9.53 Å². The summed E-state index contributed by atoms with van der Waals surface area (Å²) >= 11 is 0. The topological polar surface area (TPSA) is 53.6 Å². The van der Waals surface area contributed by atoms with Crippen LogP contribution < -0.4 is 10.6 Å². The number of carbonyl (C=O) groups excluding carboxylic acids is 1. The number of carbonyl (C=O) groups is 1. The number of nitrogens with zero attached hydrogens (tertiary/aromatic N) is 1. The second-order valence-electron chi connectivity index (χ2n) is 6.07. The number of hydrogen-bond donors (Lipinski definition) is 2. The first-order chi connectivity index (χ1) is 10.8. The van der Waals surface area contributed by atoms with E-state index in [4.69, 9.17) is 4.74 Å². The van der Waals surface area contributed by atoms with Gasteiger partial charge in [-0.2, -0.15) is 0 Å². The SMILES string of the molecule is O=C(NCC1CCCO1)c1ccc(CN2CCNCC2)cc1. The molecule has 0 aliphatic carbocycles. The lowest BCUT2D eigenvalue weighted by molar-refractivity contribution is 0.0858. The molecular weight excluding hydrogens is 278 g/mol. The minimum atomic E-state index is -0.00998. The first-order valence-electron chi connectivity index (χ1n) is 8.23. The molecule has 1 aromatic carbocycles. The first kappa shape index (κ1) is 15.5. The number of rotatable bonds is 5. The summed E-state index contributed by atoms with van der Waals surface area (Å²) in [6.45, 7) is 6.68. The van der Waals surface area contributed by atoms with Crippen molar-refractivity contribution in [1.29, 1.82) is 0 Å². The van der Waals surface area contributed by atoms with E-state index in [0.717, 1.165) is 57.7 Å². The molecule has 1 atom stereocenters. The van der Waals surface area contributed by atoms with Gasteiger partial charge in [0.05, 0.1) is 6.10 Å². The van der Waals surface area contributed by atoms with Crippen LogP contribution in [0.4, 0.5) is 0 Å². The van der Waals surface area contributed by atoms with E-state index in [1.165, 1.54) is 5.56 Å². The van der Waals surface area contributed by atoms with E-state index in [1.807, 2.05) is 12.1 Å². The minimum Gasteiger partial charge on any atom is -0.376 e. The molecule has 2 heterocycles. The Morgan fingerprint density at radius 3 is 2.73 bits per heavy atom. The Morgan fingerprint density at radius 1 is 1.27 bits per heavy atom. The summed E-state index contributed by atoms with van der Waals surface area (Å²) in [6.07, 6.45) is 2.33. The highest BCUT2D eigenvalue weighted by Gasteiger charge is 2.16. The third-order valence-corrected chi connectivity index (χ3v) is 4.35. The third-order valence-electron chi connectivity index (χ3n) is 4.35. The molecule has 1 unspecified atom stereocenters. The minimum absolute atomic E-state index is 0.00998. The Morgan fingerprint density at radius 2 is 2.05 bits per heavy atom. The summed E-state index contributed by atoms with van der Waals surface area (Å²) in [6, 6.07) is 7.96. The summed E-state index contributed by atoms with van der Waals surface area (Å²) in [5, 5.41) is 6.32. The Bertz CT molecular complexity index is 477. The number of benzene rings is 1. The van der Waals surface area contributed by atoms with Gasteiger partial charge in [0.25, 0.3) is 5.91 Å². The number of piperazine rings is 1. The van der Waals surface area contributed by atoms with Crippen LogP contribution in [0.25, 0.3) is 0 Å². The van der Waals surface area contributed by atoms with E-state index in [2.05, 4.69) is 27.7 Å². The molecule has 0 saturated carbocycles. The summed E-state index contributed by atoms with van der Waals surface area (Å²) in [5.41, 5.74) is 1.99. The lowest BCUT2D eigenvalue weighted by Crippen LogP contribution is -2.42. The quantitative estimate of drug-likeness (QED) is 0.852. The fraction of sp³-hybridized carbons (Fsp3) is 0.588. The van der Waals surface area contributed by atoms with Crippen LogP contribution in [-0.2, 0) is 11.3 Å². The average molecular weight is 303 g/mol. The molecule has 1 amide bonds. The highest BCUT2D eigenvalue weighted by atomic mass is 16.5. The van der Waals surface area contributed by atoms with Crippen LogP contribution in [0.15, 0.2) is 24.3 Å². The summed E-state index contributed by atoms with van der Waals surface area (Å²) in [4.78, 5) is 14.6. The van der Waals surface area contributed by atoms with Crippen LogP contribution in [0, 0.1) is 0 Å². The molecule has 2 aliphatic heterocycles. The molecule has 2 aliphatic rings. The molecule has 2 N–H and O–H groups in total. The van der Waals surface area contributed by atoms with Crippen LogP contribution in [0.1, 0.15) is 28.8 Å². The van der Waals surface area contributed by atoms with Crippen molar-refractivity contribution in [2.75, 3.05) is 39.3 Å². The third kappa shape index (κ3) is 4.29. The fourth-order valence-electron chi connectivity index (χ4n) is 3.00. The zero-order chi connectivity index (χ0) is 15.2. The second kappa shape index (κ2) is 7.72. The van der Waals surface area contributed by atoms with Crippen molar-refractivity contribution in [2.24, 2.45) is 0 Å². The monoisotopic (exact) mass is 303 g/mol. The molecule has 5 heteroatoms. The highest BCUT2D eigenvalue weighted by molar-refractivity contribution is 5.94. The van der Waals surface area contributed by atoms with Crippen LogP contribution in [0.2, 0.25) is 0 Å². The smallest absolute Gasteiger partial charge is 0.251 e. The molecule has 2 saturated heterocycles. The zero-order valence-corrected chi connectivity index (χ0v) is 13.0. The summed E-state index contributed by atoms with van der Waals surface area (Å²) in [5.74, 6) is -0.00998. The molecule has 3 rings (SSSR count). The van der Waals surface area contributed by atoms with E-state index < -0.39 is 0 Å². The Hall–Kier alpha value is -1.43. The Balaban J connectivity index is 1.48. The van der Waals surface area contributed by atoms with Crippen molar-refractivity contribution >= 4 is 5.91 Å². The van der Waals surface area contributed by atoms with Gasteiger partial charge < -0.3 is 15.4 Å². The van der Waals surface area contributed by atoms with Crippen molar-refractivity contribution in [3.05, 3.63) is 35.4 Å². The van der Waals surface area contributed by atoms with E-state index in [0.29, 0.717) is 6.54 Å². The maximum Gasteiger partial charge on any atom is 0.251 e. The van der Waals surface area contributed by atoms with Crippen molar-refractivity contribution in [1.82, 2.24) is 15.5 Å². The normalized spacial score (nSPS) is 22.6. The predicted molar refractivity (Wildman–Crippen MR) is 85.9 cm³/mol. The standard InChI is InChI=1S/C17H25N3O2/c21-17(19-12-16-2-1-11-22-16)15-5-3-14(4-6-15)13-20-9-7-18-8-10-20/h3-6,16,18H,1-2,7-13H2,(H,19,21). The molecule has 0 aromatic heterocycles. The maximum atomic E-state index is 12.1. The van der Waals surface area contributed by atoms with Crippen LogP contribution in [-0.4, -0.2) is 56.2 Å². The van der Waals surface area contributed by atoms with E-state index in [1.54, 1.807) is 0 Å². The van der Waals surface area contributed by atoms with Gasteiger partial charge in [0.2, 0.25) is 0 Å². The van der Waals surface area contributed by atoms with Gasteiger partial charge in [-0.3, -0.25) is 9.69 Å². The molecule has 1 aromatic rings. The predicted octanol–water partition coefficient (Wildman–Crippen LogP) is 1.00. The summed E-state index contributed by atoms with van der Waals surface area (Å²) < 4.78 is 5.52.